The molecule has 24 heavy (non-hydrogen) atoms. The average molecular weight is 330 g/mol. The van der Waals surface area contributed by atoms with Gasteiger partial charge in [-0.15, -0.1) is 0 Å². The molecule has 1 aromatic heterocycles. The van der Waals surface area contributed by atoms with Crippen molar-refractivity contribution < 1.29 is 4.79 Å². The number of carbonyl (C=O) groups excluding carboxylic acids is 1. The molecule has 0 saturated carbocycles. The molecular formula is C19H30N4O. The summed E-state index contributed by atoms with van der Waals surface area (Å²) in [6, 6.07) is 4.14. The van der Waals surface area contributed by atoms with E-state index < -0.39 is 0 Å². The summed E-state index contributed by atoms with van der Waals surface area (Å²) in [5.74, 6) is 0.294. The van der Waals surface area contributed by atoms with Crippen LogP contribution in [0.5, 0.6) is 0 Å². The third-order valence-corrected chi connectivity index (χ3v) is 5.36. The lowest BCUT2D eigenvalue weighted by Gasteiger charge is -2.37. The van der Waals surface area contributed by atoms with Crippen molar-refractivity contribution in [1.82, 2.24) is 19.7 Å². The van der Waals surface area contributed by atoms with Gasteiger partial charge in [0, 0.05) is 39.1 Å². The molecule has 3 rings (SSSR count). The number of hydrogen-bond acceptors (Lipinski definition) is 4. The van der Waals surface area contributed by atoms with Gasteiger partial charge in [0.1, 0.15) is 0 Å². The molecule has 0 spiro atoms. The maximum Gasteiger partial charge on any atom is 0.239 e. The fourth-order valence-electron chi connectivity index (χ4n) is 3.84. The summed E-state index contributed by atoms with van der Waals surface area (Å²) < 4.78 is 0. The van der Waals surface area contributed by atoms with Crippen LogP contribution in [0.1, 0.15) is 37.7 Å². The highest BCUT2D eigenvalue weighted by Gasteiger charge is 2.30. The quantitative estimate of drug-likeness (QED) is 0.800. The van der Waals surface area contributed by atoms with E-state index in [4.69, 9.17) is 0 Å². The van der Waals surface area contributed by atoms with Crippen molar-refractivity contribution in [2.75, 3.05) is 39.8 Å². The van der Waals surface area contributed by atoms with Crippen molar-refractivity contribution in [1.29, 1.82) is 0 Å². The van der Waals surface area contributed by atoms with Gasteiger partial charge in [-0.05, 0) is 63.0 Å². The van der Waals surface area contributed by atoms with Gasteiger partial charge in [0.25, 0.3) is 0 Å². The highest BCUT2D eigenvalue weighted by atomic mass is 16.2. The molecule has 0 unspecified atom stereocenters. The normalized spacial score (nSPS) is 22.6. The molecule has 0 bridgehead atoms. The number of nitrogens with zero attached hydrogens (tertiary/aromatic N) is 4. The van der Waals surface area contributed by atoms with E-state index in [2.05, 4.69) is 14.8 Å². The number of likely N-dealkylation sites (tertiary alicyclic amines) is 2. The van der Waals surface area contributed by atoms with Gasteiger partial charge in [-0.2, -0.15) is 0 Å². The maximum absolute atomic E-state index is 13.0. The van der Waals surface area contributed by atoms with Gasteiger partial charge in [-0.25, -0.2) is 0 Å². The lowest BCUT2D eigenvalue weighted by molar-refractivity contribution is -0.137. The Bertz CT molecular complexity index is 515. The molecule has 0 radical (unpaired) electrons. The van der Waals surface area contributed by atoms with Gasteiger partial charge in [-0.3, -0.25) is 14.7 Å². The third kappa shape index (κ3) is 4.54. The molecule has 3 heterocycles. The third-order valence-electron chi connectivity index (χ3n) is 5.36. The summed E-state index contributed by atoms with van der Waals surface area (Å²) in [6.45, 7) is 6.11. The molecule has 5 nitrogen and oxygen atoms in total. The molecular weight excluding hydrogens is 300 g/mol. The second kappa shape index (κ2) is 8.58. The first-order chi connectivity index (χ1) is 11.7. The van der Waals surface area contributed by atoms with Crippen LogP contribution in [0.15, 0.2) is 24.5 Å². The van der Waals surface area contributed by atoms with Crippen molar-refractivity contribution in [2.45, 2.75) is 44.7 Å². The lowest BCUT2D eigenvalue weighted by Crippen LogP contribution is -2.50. The minimum absolute atomic E-state index is 0.0375. The smallest absolute Gasteiger partial charge is 0.239 e. The molecule has 0 N–H and O–H groups in total. The van der Waals surface area contributed by atoms with Crippen LogP contribution in [0.2, 0.25) is 0 Å². The largest absolute Gasteiger partial charge is 0.343 e. The topological polar surface area (TPSA) is 39.7 Å². The van der Waals surface area contributed by atoms with Gasteiger partial charge < -0.3 is 9.80 Å². The number of rotatable bonds is 6. The molecule has 1 atom stereocenters. The molecule has 2 aliphatic heterocycles. The van der Waals surface area contributed by atoms with Gasteiger partial charge in [0.15, 0.2) is 0 Å². The zero-order valence-electron chi connectivity index (χ0n) is 14.9. The van der Waals surface area contributed by atoms with Crippen LogP contribution >= 0.6 is 0 Å². The lowest BCUT2D eigenvalue weighted by atomic mass is 10.00. The molecule has 5 heteroatoms. The van der Waals surface area contributed by atoms with Gasteiger partial charge >= 0.3 is 0 Å². The van der Waals surface area contributed by atoms with E-state index in [-0.39, 0.29) is 6.04 Å². The van der Waals surface area contributed by atoms with Crippen LogP contribution in [-0.2, 0) is 11.3 Å². The molecule has 2 saturated heterocycles. The second-order valence-electron chi connectivity index (χ2n) is 7.15. The minimum atomic E-state index is 0.0375. The van der Waals surface area contributed by atoms with E-state index in [1.165, 1.54) is 37.9 Å². The van der Waals surface area contributed by atoms with Crippen LogP contribution in [0.25, 0.3) is 0 Å². The van der Waals surface area contributed by atoms with Crippen LogP contribution in [-0.4, -0.2) is 71.4 Å². The second-order valence-corrected chi connectivity index (χ2v) is 7.15. The Labute approximate surface area is 145 Å². The number of carbonyl (C=O) groups is 1. The zero-order valence-corrected chi connectivity index (χ0v) is 14.9. The first-order valence-electron chi connectivity index (χ1n) is 9.34. The van der Waals surface area contributed by atoms with Crippen molar-refractivity contribution in [2.24, 2.45) is 0 Å². The van der Waals surface area contributed by atoms with E-state index in [1.807, 2.05) is 36.5 Å². The maximum atomic E-state index is 13.0. The number of likely N-dealkylation sites (N-methyl/N-ethyl adjacent to an activating group) is 1. The molecule has 1 amide bonds. The van der Waals surface area contributed by atoms with Crippen LogP contribution in [0.3, 0.4) is 0 Å². The first kappa shape index (κ1) is 17.4. The summed E-state index contributed by atoms with van der Waals surface area (Å²) in [5.41, 5.74) is 1.24. The minimum Gasteiger partial charge on any atom is -0.343 e. The van der Waals surface area contributed by atoms with Crippen molar-refractivity contribution in [3.05, 3.63) is 30.1 Å². The number of aromatic nitrogens is 1. The Morgan fingerprint density at radius 2 is 1.88 bits per heavy atom. The van der Waals surface area contributed by atoms with Crippen LogP contribution in [0.4, 0.5) is 0 Å². The average Bonchev–Trinajstić information content (AvgIpc) is 3.14. The Morgan fingerprint density at radius 1 is 1.17 bits per heavy atom. The molecule has 0 aliphatic carbocycles. The Balaban J connectivity index is 1.55. The molecule has 1 aromatic rings. The summed E-state index contributed by atoms with van der Waals surface area (Å²) in [4.78, 5) is 23.8. The summed E-state index contributed by atoms with van der Waals surface area (Å²) in [6.07, 6.45) is 9.60. The Morgan fingerprint density at radius 3 is 2.62 bits per heavy atom. The summed E-state index contributed by atoms with van der Waals surface area (Å²) in [7, 11) is 1.97. The number of amides is 1. The Kier molecular flexibility index (Phi) is 6.21. The van der Waals surface area contributed by atoms with Crippen LogP contribution in [0, 0.1) is 0 Å². The summed E-state index contributed by atoms with van der Waals surface area (Å²) >= 11 is 0. The van der Waals surface area contributed by atoms with Gasteiger partial charge in [0.05, 0.1) is 6.04 Å². The molecule has 132 valence electrons. The number of pyridine rings is 1. The molecule has 0 aromatic carbocycles. The van der Waals surface area contributed by atoms with Crippen molar-refractivity contribution in [3.8, 4) is 0 Å². The van der Waals surface area contributed by atoms with E-state index in [0.29, 0.717) is 5.91 Å². The predicted octanol–water partition coefficient (Wildman–Crippen LogP) is 1.99. The SMILES string of the molecule is CN(CCN1CCCC1)C(=O)[C@@H]1CCCCN1Cc1ccncc1. The van der Waals surface area contributed by atoms with Crippen molar-refractivity contribution in [3.63, 3.8) is 0 Å². The monoisotopic (exact) mass is 330 g/mol. The standard InChI is InChI=1S/C19H30N4O/c1-21(14-15-22-11-4-5-12-22)19(24)18-6-2-3-13-23(18)16-17-7-9-20-10-8-17/h7-10,18H,2-6,11-16H2,1H3/t18-/m0/s1. The van der Waals surface area contributed by atoms with E-state index >= 15 is 0 Å². The fourth-order valence-corrected chi connectivity index (χ4v) is 3.84. The predicted molar refractivity (Wildman–Crippen MR) is 95.6 cm³/mol. The number of piperidine rings is 1. The highest BCUT2D eigenvalue weighted by Crippen LogP contribution is 2.21. The van der Waals surface area contributed by atoms with E-state index in [9.17, 15) is 4.79 Å². The van der Waals surface area contributed by atoms with E-state index in [1.54, 1.807) is 0 Å². The molecule has 2 fully saturated rings. The van der Waals surface area contributed by atoms with E-state index in [0.717, 1.165) is 39.0 Å². The van der Waals surface area contributed by atoms with Gasteiger partial charge in [0.2, 0.25) is 5.91 Å². The van der Waals surface area contributed by atoms with Gasteiger partial charge in [-0.1, -0.05) is 6.42 Å². The number of hydrogen-bond donors (Lipinski definition) is 0. The Hall–Kier alpha value is -1.46. The fraction of sp³-hybridized carbons (Fsp3) is 0.684. The first-order valence-corrected chi connectivity index (χ1v) is 9.34. The van der Waals surface area contributed by atoms with Crippen molar-refractivity contribution >= 4 is 5.91 Å². The van der Waals surface area contributed by atoms with Crippen LogP contribution < -0.4 is 0 Å². The zero-order chi connectivity index (χ0) is 16.8. The summed E-state index contributed by atoms with van der Waals surface area (Å²) in [5, 5.41) is 0. The highest BCUT2D eigenvalue weighted by molar-refractivity contribution is 5.81. The molecule has 2 aliphatic rings.